The van der Waals surface area contributed by atoms with Gasteiger partial charge in [0.25, 0.3) is 0 Å². The Morgan fingerprint density at radius 3 is 2.43 bits per heavy atom. The van der Waals surface area contributed by atoms with Crippen LogP contribution in [0.5, 0.6) is 0 Å². The highest BCUT2D eigenvalue weighted by atomic mass is 16.2. The van der Waals surface area contributed by atoms with Crippen molar-refractivity contribution < 1.29 is 4.79 Å². The van der Waals surface area contributed by atoms with Gasteiger partial charge >= 0.3 is 6.03 Å². The number of rotatable bonds is 6. The van der Waals surface area contributed by atoms with E-state index < -0.39 is 0 Å². The maximum Gasteiger partial charge on any atom is 0.321 e. The molecule has 2 aliphatic rings. The summed E-state index contributed by atoms with van der Waals surface area (Å²) in [5, 5.41) is 9.89. The predicted molar refractivity (Wildman–Crippen MR) is 124 cm³/mol. The van der Waals surface area contributed by atoms with E-state index in [4.69, 9.17) is 0 Å². The number of hydrogen-bond acceptors (Lipinski definition) is 3. The Morgan fingerprint density at radius 2 is 1.73 bits per heavy atom. The number of amides is 2. The van der Waals surface area contributed by atoms with Crippen LogP contribution >= 0.6 is 0 Å². The summed E-state index contributed by atoms with van der Waals surface area (Å²) in [6.45, 7) is 10.1. The second-order valence-electron chi connectivity index (χ2n) is 8.96. The lowest BCUT2D eigenvalue weighted by molar-refractivity contribution is 0.0982. The SMILES string of the molecule is CN=C(NCc1cccc(NC(=O)N2CCCC2)c1)NCC(C)(C)N1CCCCC1. The van der Waals surface area contributed by atoms with Gasteiger partial charge in [-0.05, 0) is 70.3 Å². The van der Waals surface area contributed by atoms with Crippen LogP contribution in [-0.2, 0) is 6.54 Å². The van der Waals surface area contributed by atoms with Crippen molar-refractivity contribution in [1.29, 1.82) is 0 Å². The van der Waals surface area contributed by atoms with Crippen LogP contribution in [0.4, 0.5) is 10.5 Å². The Morgan fingerprint density at radius 1 is 1.03 bits per heavy atom. The van der Waals surface area contributed by atoms with Gasteiger partial charge in [-0.25, -0.2) is 4.79 Å². The highest BCUT2D eigenvalue weighted by molar-refractivity contribution is 5.89. The van der Waals surface area contributed by atoms with Gasteiger partial charge in [-0.1, -0.05) is 18.6 Å². The summed E-state index contributed by atoms with van der Waals surface area (Å²) < 4.78 is 0. The van der Waals surface area contributed by atoms with E-state index in [2.05, 4.69) is 45.8 Å². The molecule has 1 aromatic rings. The summed E-state index contributed by atoms with van der Waals surface area (Å²) in [5.41, 5.74) is 2.03. The molecular weight excluding hydrogens is 376 g/mol. The molecule has 2 amide bonds. The predicted octanol–water partition coefficient (Wildman–Crippen LogP) is 3.24. The highest BCUT2D eigenvalue weighted by Crippen LogP contribution is 2.20. The fourth-order valence-electron chi connectivity index (χ4n) is 4.20. The first-order valence-corrected chi connectivity index (χ1v) is 11.3. The number of aliphatic imine (C=N–C) groups is 1. The van der Waals surface area contributed by atoms with E-state index >= 15 is 0 Å². The van der Waals surface area contributed by atoms with Crippen LogP contribution in [0.25, 0.3) is 0 Å². The smallest absolute Gasteiger partial charge is 0.321 e. The molecule has 2 aliphatic heterocycles. The Balaban J connectivity index is 1.48. The van der Waals surface area contributed by atoms with E-state index in [0.29, 0.717) is 6.54 Å². The third kappa shape index (κ3) is 6.36. The topological polar surface area (TPSA) is 72.0 Å². The van der Waals surface area contributed by atoms with Gasteiger partial charge in [0.05, 0.1) is 0 Å². The van der Waals surface area contributed by atoms with Gasteiger partial charge < -0.3 is 20.9 Å². The number of benzene rings is 1. The summed E-state index contributed by atoms with van der Waals surface area (Å²) in [6.07, 6.45) is 6.12. The summed E-state index contributed by atoms with van der Waals surface area (Å²) in [6, 6.07) is 7.99. The highest BCUT2D eigenvalue weighted by Gasteiger charge is 2.27. The Kier molecular flexibility index (Phi) is 7.96. The summed E-state index contributed by atoms with van der Waals surface area (Å²) >= 11 is 0. The molecule has 0 unspecified atom stereocenters. The molecule has 0 saturated carbocycles. The molecule has 2 saturated heterocycles. The van der Waals surface area contributed by atoms with E-state index in [1.165, 1.54) is 32.4 Å². The van der Waals surface area contributed by atoms with Crippen molar-refractivity contribution in [3.8, 4) is 0 Å². The van der Waals surface area contributed by atoms with Crippen LogP contribution in [-0.4, -0.2) is 67.1 Å². The van der Waals surface area contributed by atoms with E-state index in [1.807, 2.05) is 23.1 Å². The van der Waals surface area contributed by atoms with Crippen molar-refractivity contribution in [3.05, 3.63) is 29.8 Å². The standard InChI is InChI=1S/C23H38N6O/c1-23(2,29-14-5-4-6-15-29)18-26-21(24-3)25-17-19-10-9-11-20(16-19)27-22(30)28-12-7-8-13-28/h9-11,16H,4-8,12-15,17-18H2,1-3H3,(H,27,30)(H2,24,25,26). The van der Waals surface area contributed by atoms with Gasteiger partial charge in [-0.2, -0.15) is 0 Å². The number of likely N-dealkylation sites (tertiary alicyclic amines) is 2. The first kappa shape index (κ1) is 22.4. The maximum absolute atomic E-state index is 12.3. The number of guanidine groups is 1. The minimum Gasteiger partial charge on any atom is -0.355 e. The second-order valence-corrected chi connectivity index (χ2v) is 8.96. The van der Waals surface area contributed by atoms with Gasteiger partial charge in [0.2, 0.25) is 0 Å². The fraction of sp³-hybridized carbons (Fsp3) is 0.652. The van der Waals surface area contributed by atoms with Gasteiger partial charge in [-0.15, -0.1) is 0 Å². The largest absolute Gasteiger partial charge is 0.355 e. The molecule has 0 radical (unpaired) electrons. The van der Waals surface area contributed by atoms with Crippen molar-refractivity contribution in [2.75, 3.05) is 45.1 Å². The Hall–Kier alpha value is -2.28. The number of nitrogens with zero attached hydrogens (tertiary/aromatic N) is 3. The minimum absolute atomic E-state index is 0.00460. The molecule has 7 heteroatoms. The van der Waals surface area contributed by atoms with E-state index in [0.717, 1.165) is 49.7 Å². The molecule has 0 aliphatic carbocycles. The summed E-state index contributed by atoms with van der Waals surface area (Å²) in [4.78, 5) is 21.1. The third-order valence-electron chi connectivity index (χ3n) is 6.16. The number of carbonyl (C=O) groups is 1. The number of carbonyl (C=O) groups excluding carboxylic acids is 1. The number of nitrogens with one attached hydrogen (secondary N) is 3. The molecule has 1 aromatic carbocycles. The molecular formula is C23H38N6O. The molecule has 2 heterocycles. The number of anilines is 1. The second kappa shape index (κ2) is 10.7. The lowest BCUT2D eigenvalue weighted by atomic mass is 9.98. The zero-order valence-corrected chi connectivity index (χ0v) is 18.8. The van der Waals surface area contributed by atoms with E-state index in [9.17, 15) is 4.79 Å². The van der Waals surface area contributed by atoms with Crippen molar-refractivity contribution in [3.63, 3.8) is 0 Å². The average Bonchev–Trinajstić information content (AvgIpc) is 3.30. The van der Waals surface area contributed by atoms with Gasteiger partial charge in [0.1, 0.15) is 0 Å². The molecule has 0 atom stereocenters. The van der Waals surface area contributed by atoms with Gasteiger partial charge in [0, 0.05) is 44.5 Å². The molecule has 3 rings (SSSR count). The van der Waals surface area contributed by atoms with Crippen LogP contribution < -0.4 is 16.0 Å². The molecule has 0 aromatic heterocycles. The van der Waals surface area contributed by atoms with Crippen molar-refractivity contribution in [1.82, 2.24) is 20.4 Å². The summed E-state index contributed by atoms with van der Waals surface area (Å²) in [7, 11) is 1.80. The summed E-state index contributed by atoms with van der Waals surface area (Å²) in [5.74, 6) is 0.798. The quantitative estimate of drug-likeness (QED) is 0.494. The lowest BCUT2D eigenvalue weighted by Crippen LogP contribution is -2.54. The van der Waals surface area contributed by atoms with Crippen LogP contribution in [0.2, 0.25) is 0 Å². The number of hydrogen-bond donors (Lipinski definition) is 3. The molecule has 3 N–H and O–H groups in total. The van der Waals surface area contributed by atoms with Gasteiger partial charge in [-0.3, -0.25) is 9.89 Å². The van der Waals surface area contributed by atoms with Crippen molar-refractivity contribution in [2.24, 2.45) is 4.99 Å². The molecule has 0 spiro atoms. The Bertz CT molecular complexity index is 720. The monoisotopic (exact) mass is 414 g/mol. The van der Waals surface area contributed by atoms with E-state index in [-0.39, 0.29) is 11.6 Å². The number of piperidine rings is 1. The molecule has 166 valence electrons. The first-order chi connectivity index (χ1) is 14.5. The fourth-order valence-corrected chi connectivity index (χ4v) is 4.20. The third-order valence-corrected chi connectivity index (χ3v) is 6.16. The average molecular weight is 415 g/mol. The molecule has 2 fully saturated rings. The van der Waals surface area contributed by atoms with Crippen molar-refractivity contribution >= 4 is 17.7 Å². The van der Waals surface area contributed by atoms with Crippen LogP contribution in [0.15, 0.2) is 29.3 Å². The van der Waals surface area contributed by atoms with Crippen LogP contribution in [0.3, 0.4) is 0 Å². The Labute approximate surface area is 181 Å². The molecule has 30 heavy (non-hydrogen) atoms. The van der Waals surface area contributed by atoms with E-state index in [1.54, 1.807) is 7.05 Å². The van der Waals surface area contributed by atoms with Gasteiger partial charge in [0.15, 0.2) is 5.96 Å². The van der Waals surface area contributed by atoms with Crippen molar-refractivity contribution in [2.45, 2.75) is 58.0 Å². The normalized spacial score (nSPS) is 18.4. The van der Waals surface area contributed by atoms with Crippen LogP contribution in [0.1, 0.15) is 51.5 Å². The maximum atomic E-state index is 12.3. The molecule has 7 nitrogen and oxygen atoms in total. The first-order valence-electron chi connectivity index (χ1n) is 11.3. The zero-order valence-electron chi connectivity index (χ0n) is 18.8. The minimum atomic E-state index is -0.00460. The zero-order chi connectivity index (χ0) is 21.4. The molecule has 0 bridgehead atoms. The van der Waals surface area contributed by atoms with Crippen LogP contribution in [0, 0.1) is 0 Å². The lowest BCUT2D eigenvalue weighted by Gasteiger charge is -2.41. The number of urea groups is 1.